The van der Waals surface area contributed by atoms with E-state index >= 15 is 0 Å². The van der Waals surface area contributed by atoms with Crippen molar-refractivity contribution in [2.75, 3.05) is 37.8 Å². The summed E-state index contributed by atoms with van der Waals surface area (Å²) < 4.78 is 61.9. The average molecular weight is 1260 g/mol. The van der Waals surface area contributed by atoms with E-state index in [1.165, 1.54) is 33.3 Å². The summed E-state index contributed by atoms with van der Waals surface area (Å²) >= 11 is 0.726. The van der Waals surface area contributed by atoms with E-state index in [0.717, 1.165) is 91.5 Å². The number of nitrogens with zero attached hydrogens (tertiary/aromatic N) is 4. The van der Waals surface area contributed by atoms with Gasteiger partial charge in [0, 0.05) is 30.7 Å². The molecule has 468 valence electrons. The molecule has 34 heteroatoms. The number of thioether (sulfide) groups is 1. The van der Waals surface area contributed by atoms with Crippen molar-refractivity contribution in [3.63, 3.8) is 0 Å². The van der Waals surface area contributed by atoms with Crippen molar-refractivity contribution in [3.05, 3.63) is 47.0 Å². The maximum absolute atomic E-state index is 12.6. The molecule has 4 rings (SSSR count). The van der Waals surface area contributed by atoms with E-state index in [0.29, 0.717) is 18.3 Å². The number of nitrogens with one attached hydrogen (secondary N) is 2. The number of aliphatic hydroxyl groups excluding tert-OH is 2. The minimum absolute atomic E-state index is 0.00490. The first-order valence-corrected chi connectivity index (χ1v) is 32.1. The van der Waals surface area contributed by atoms with Crippen molar-refractivity contribution in [1.82, 2.24) is 30.2 Å². The number of fused-ring (bicyclic) bond motifs is 1. The van der Waals surface area contributed by atoms with Crippen molar-refractivity contribution in [2.45, 2.75) is 150 Å². The van der Waals surface area contributed by atoms with Gasteiger partial charge in [0.15, 0.2) is 17.7 Å². The number of carboxylic acids is 3. The van der Waals surface area contributed by atoms with Crippen molar-refractivity contribution in [3.8, 4) is 0 Å². The van der Waals surface area contributed by atoms with E-state index < -0.39 is 113 Å². The first-order valence-electron chi connectivity index (χ1n) is 26.6. The molecule has 10 atom stereocenters. The third kappa shape index (κ3) is 22.9. The number of anilines is 1. The second-order valence-corrected chi connectivity index (χ2v) is 25.6. The van der Waals surface area contributed by atoms with Gasteiger partial charge < -0.3 is 66.2 Å². The van der Waals surface area contributed by atoms with E-state index in [4.69, 9.17) is 24.6 Å². The van der Waals surface area contributed by atoms with Gasteiger partial charge in [-0.05, 0) is 48.8 Å². The number of imidazole rings is 1. The number of aromatic nitrogens is 4. The summed E-state index contributed by atoms with van der Waals surface area (Å²) in [6, 6.07) is 3.36. The van der Waals surface area contributed by atoms with Crippen LogP contribution >= 0.6 is 35.2 Å². The standard InChI is InChI=1S/C25H40N7O19P3S.C24H38O4/c1-12(23(37)38)24(39)55-7-6-27-14(33)4-5-28-21(36)18(35)25(2,3)9-48-54(45,46)51-53(43,44)47-8-13-17(50-52(40,41)42)16(34)22(49-13)32-11-31-15-19(26)29-10-30-20(15)32;1-5-9-11-17(7-3)15-19-13-14-20(23(25)26)22(24(27)28)21(19)16-18(8-4)12-10-6-2/h10-13,16-18,22,34-35H,4-9H2,1-3H3,(H,27,33)(H,28,36)(H,37,38)(H,43,44)(H,45,46)(H2,26,29,30)(H2,40,41,42);13-14,17-18H,5-12,15-16H2,1-4H3,(H,25,26)(H,27,28)/t12-,13+,16+,17+,18-,22+;/m0./s1. The van der Waals surface area contributed by atoms with Crippen LogP contribution in [0.1, 0.15) is 144 Å². The number of benzene rings is 1. The molecule has 13 N–H and O–H groups in total. The summed E-state index contributed by atoms with van der Waals surface area (Å²) in [5, 5.41) is 53.7. The molecule has 3 heterocycles. The number of carbonyl (C=O) groups excluding carboxylic acids is 3. The number of nitrogen functional groups attached to an aromatic ring is 1. The van der Waals surface area contributed by atoms with Crippen molar-refractivity contribution < 1.29 is 110 Å². The van der Waals surface area contributed by atoms with E-state index in [1.54, 1.807) is 0 Å². The number of phosphoric acid groups is 3. The molecule has 83 heavy (non-hydrogen) atoms. The van der Waals surface area contributed by atoms with Gasteiger partial charge in [-0.2, -0.15) is 4.31 Å². The van der Waals surface area contributed by atoms with Crippen LogP contribution in [0.25, 0.3) is 11.2 Å². The third-order valence-electron chi connectivity index (χ3n) is 13.4. The number of aliphatic hydroxyl groups is 2. The number of carbonyl (C=O) groups is 6. The number of carboxylic acid groups (broad SMARTS) is 3. The molecule has 1 aliphatic heterocycles. The van der Waals surface area contributed by atoms with E-state index in [2.05, 4.69) is 62.1 Å². The fourth-order valence-electron chi connectivity index (χ4n) is 8.53. The molecule has 2 aromatic heterocycles. The van der Waals surface area contributed by atoms with Crippen LogP contribution in [0.2, 0.25) is 0 Å². The zero-order chi connectivity index (χ0) is 62.6. The van der Waals surface area contributed by atoms with Crippen LogP contribution in [-0.4, -0.2) is 156 Å². The Morgan fingerprint density at radius 2 is 1.47 bits per heavy atom. The Hall–Kier alpha value is -4.81. The lowest BCUT2D eigenvalue weighted by Gasteiger charge is -2.30. The van der Waals surface area contributed by atoms with Gasteiger partial charge in [0.2, 0.25) is 16.9 Å². The quantitative estimate of drug-likeness (QED) is 0.0210. The van der Waals surface area contributed by atoms with Gasteiger partial charge in [0.05, 0.1) is 30.7 Å². The summed E-state index contributed by atoms with van der Waals surface area (Å²) in [6.45, 7) is 10.0. The maximum Gasteiger partial charge on any atom is 0.481 e. The van der Waals surface area contributed by atoms with Gasteiger partial charge in [-0.25, -0.2) is 38.2 Å². The van der Waals surface area contributed by atoms with E-state index in [-0.39, 0.29) is 53.4 Å². The molecule has 0 radical (unpaired) electrons. The predicted molar refractivity (Wildman–Crippen MR) is 298 cm³/mol. The van der Waals surface area contributed by atoms with E-state index in [1.807, 2.05) is 6.07 Å². The molecule has 2 amide bonds. The minimum Gasteiger partial charge on any atom is -0.481 e. The number of hydrogen-bond donors (Lipinski definition) is 12. The molecule has 1 aliphatic rings. The van der Waals surface area contributed by atoms with Crippen LogP contribution in [0.3, 0.4) is 0 Å². The van der Waals surface area contributed by atoms with Crippen LogP contribution < -0.4 is 16.4 Å². The number of phosphoric ester groups is 3. The molecule has 0 bridgehead atoms. The van der Waals surface area contributed by atoms with Gasteiger partial charge in [-0.3, -0.25) is 37.3 Å². The second kappa shape index (κ2) is 33.2. The largest absolute Gasteiger partial charge is 0.481 e. The van der Waals surface area contributed by atoms with Gasteiger partial charge in [-0.15, -0.1) is 0 Å². The molecule has 1 saturated heterocycles. The zero-order valence-corrected chi connectivity index (χ0v) is 50.6. The fourth-order valence-corrected chi connectivity index (χ4v) is 12.1. The molecule has 30 nitrogen and oxygen atoms in total. The topological polar surface area (TPSA) is 476 Å². The number of unbranched alkanes of at least 4 members (excludes halogenated alkanes) is 2. The summed E-state index contributed by atoms with van der Waals surface area (Å²) in [5.41, 5.74) is 5.89. The first kappa shape index (κ1) is 72.4. The highest BCUT2D eigenvalue weighted by molar-refractivity contribution is 8.13. The minimum atomic E-state index is -5.59. The first-order chi connectivity index (χ1) is 38.7. The number of nitrogens with two attached hydrogens (primary N) is 1. The number of amides is 2. The molecule has 1 fully saturated rings. The Kier molecular flexibility index (Phi) is 29.0. The molecular weight excluding hydrogens is 1180 g/mol. The van der Waals surface area contributed by atoms with Crippen LogP contribution in [0.4, 0.5) is 5.82 Å². The smallest absolute Gasteiger partial charge is 0.481 e. The highest BCUT2D eigenvalue weighted by Crippen LogP contribution is 2.61. The average Bonchev–Trinajstić information content (AvgIpc) is 4.00. The Bertz CT molecular complexity index is 2840. The number of aliphatic carboxylic acids is 1. The number of ether oxygens (including phenoxy) is 1. The lowest BCUT2D eigenvalue weighted by atomic mass is 9.82. The lowest BCUT2D eigenvalue weighted by molar-refractivity contribution is -0.143. The highest BCUT2D eigenvalue weighted by atomic mass is 32.2. The van der Waals surface area contributed by atoms with Crippen molar-refractivity contribution >= 4 is 87.0 Å². The SMILES string of the molecule is CCCCC(CC)Cc1ccc(C(=O)O)c(C(=O)O)c1CC(CC)CCCC.C[C@@H](C(=O)O)C(=O)SCCNC(=O)CCNC(=O)[C@H](O)C(C)(C)COP(=O)(O)OP(=O)(O)OC[C@H]1O[C@@H](n2cnc3c(N)ncnc32)[C@H](O)[C@@H]1OP(=O)(O)O. The molecule has 0 spiro atoms. The number of rotatable bonds is 35. The van der Waals surface area contributed by atoms with Gasteiger partial charge in [-0.1, -0.05) is 111 Å². The van der Waals surface area contributed by atoms with Gasteiger partial charge in [0.1, 0.15) is 42.2 Å². The van der Waals surface area contributed by atoms with Crippen LogP contribution in [-0.2, 0) is 68.3 Å². The highest BCUT2D eigenvalue weighted by Gasteiger charge is 2.50. The number of hydrogen-bond acceptors (Lipinski definition) is 21. The Balaban J connectivity index is 0.000000541. The van der Waals surface area contributed by atoms with Gasteiger partial charge in [0.25, 0.3) is 0 Å². The summed E-state index contributed by atoms with van der Waals surface area (Å²) in [5.74, 6) is -5.41. The van der Waals surface area contributed by atoms with Crippen LogP contribution in [0, 0.1) is 23.2 Å². The molecule has 3 aromatic rings. The number of aromatic carboxylic acids is 2. The molecule has 0 saturated carbocycles. The molecular formula is C49H78N7O23P3S. The lowest BCUT2D eigenvalue weighted by Crippen LogP contribution is -2.46. The maximum atomic E-state index is 12.6. The Morgan fingerprint density at radius 3 is 2.04 bits per heavy atom. The van der Waals surface area contributed by atoms with Crippen molar-refractivity contribution in [1.29, 1.82) is 0 Å². The third-order valence-corrected chi connectivity index (χ3v) is 17.6. The molecule has 4 unspecified atom stereocenters. The Labute approximate surface area is 483 Å². The second-order valence-electron chi connectivity index (χ2n) is 20.3. The predicted octanol–water partition coefficient (Wildman–Crippen LogP) is 4.99. The van der Waals surface area contributed by atoms with Crippen LogP contribution in [0.5, 0.6) is 0 Å². The normalized spacial score (nSPS) is 19.3. The Morgan fingerprint density at radius 1 is 0.855 bits per heavy atom. The van der Waals surface area contributed by atoms with Gasteiger partial charge >= 0.3 is 41.4 Å². The van der Waals surface area contributed by atoms with E-state index in [9.17, 15) is 82.5 Å². The summed E-state index contributed by atoms with van der Waals surface area (Å²) in [7, 11) is -16.4. The summed E-state index contributed by atoms with van der Waals surface area (Å²) in [4.78, 5) is 121. The fraction of sp³-hybridized carbons (Fsp3) is 0.653. The molecule has 1 aromatic carbocycles. The monoisotopic (exact) mass is 1260 g/mol. The molecule has 0 aliphatic carbocycles. The van der Waals surface area contributed by atoms with Crippen LogP contribution in [0.15, 0.2) is 24.8 Å². The van der Waals surface area contributed by atoms with Crippen molar-refractivity contribution in [2.24, 2.45) is 23.2 Å². The zero-order valence-electron chi connectivity index (χ0n) is 47.1. The summed E-state index contributed by atoms with van der Waals surface area (Å²) in [6.07, 6.45) is 3.10.